The fourth-order valence-corrected chi connectivity index (χ4v) is 1.21. The Hall–Kier alpha value is -2.33. The molecule has 0 radical (unpaired) electrons. The monoisotopic (exact) mass is 247 g/mol. The second-order valence-electron chi connectivity index (χ2n) is 3.59. The van der Waals surface area contributed by atoms with Gasteiger partial charge in [0.05, 0.1) is 0 Å². The van der Waals surface area contributed by atoms with Crippen molar-refractivity contribution in [1.29, 1.82) is 0 Å². The Bertz CT molecular complexity index is 476. The van der Waals surface area contributed by atoms with Crippen LogP contribution in [0.15, 0.2) is 29.4 Å². The van der Waals surface area contributed by atoms with E-state index >= 15 is 0 Å². The SMILES string of the molecule is CCC(=O)CC(=O)OCc1ccc(N=[N+]=[N-])cc1. The summed E-state index contributed by atoms with van der Waals surface area (Å²) in [4.78, 5) is 24.9. The number of ether oxygens (including phenoxy) is 1. The smallest absolute Gasteiger partial charge is 0.313 e. The quantitative estimate of drug-likeness (QED) is 0.254. The van der Waals surface area contributed by atoms with Crippen molar-refractivity contribution in [3.05, 3.63) is 40.3 Å². The van der Waals surface area contributed by atoms with Crippen LogP contribution in [-0.4, -0.2) is 11.8 Å². The van der Waals surface area contributed by atoms with E-state index in [0.717, 1.165) is 5.56 Å². The largest absolute Gasteiger partial charge is 0.460 e. The summed E-state index contributed by atoms with van der Waals surface area (Å²) in [6.45, 7) is 1.80. The standard InChI is InChI=1S/C12H13N3O3/c1-2-11(16)7-12(17)18-8-9-3-5-10(6-4-9)14-15-13/h3-6H,2,7-8H2,1H3. The number of carbonyl (C=O) groups excluding carboxylic acids is 2. The van der Waals surface area contributed by atoms with Gasteiger partial charge in [0.2, 0.25) is 0 Å². The molecule has 1 rings (SSSR count). The minimum atomic E-state index is -0.527. The second kappa shape index (κ2) is 7.09. The maximum Gasteiger partial charge on any atom is 0.313 e. The van der Waals surface area contributed by atoms with Crippen molar-refractivity contribution in [3.8, 4) is 0 Å². The highest BCUT2D eigenvalue weighted by molar-refractivity contribution is 5.95. The fraction of sp³-hybridized carbons (Fsp3) is 0.333. The van der Waals surface area contributed by atoms with Gasteiger partial charge in [-0.05, 0) is 11.1 Å². The average Bonchev–Trinajstić information content (AvgIpc) is 2.38. The van der Waals surface area contributed by atoms with Crippen molar-refractivity contribution in [1.82, 2.24) is 0 Å². The van der Waals surface area contributed by atoms with Crippen LogP contribution in [-0.2, 0) is 20.9 Å². The second-order valence-corrected chi connectivity index (χ2v) is 3.59. The maximum absolute atomic E-state index is 11.2. The van der Waals surface area contributed by atoms with E-state index in [-0.39, 0.29) is 18.8 Å². The molecule has 0 saturated heterocycles. The first kappa shape index (κ1) is 13.7. The highest BCUT2D eigenvalue weighted by Crippen LogP contribution is 2.13. The van der Waals surface area contributed by atoms with Crippen molar-refractivity contribution in [2.75, 3.05) is 0 Å². The van der Waals surface area contributed by atoms with Gasteiger partial charge in [-0.1, -0.05) is 36.3 Å². The minimum absolute atomic E-state index is 0.104. The molecule has 0 amide bonds. The number of hydrogen-bond acceptors (Lipinski definition) is 4. The Kier molecular flexibility index (Phi) is 5.41. The summed E-state index contributed by atoms with van der Waals surface area (Å²) < 4.78 is 4.94. The van der Waals surface area contributed by atoms with Crippen molar-refractivity contribution in [2.45, 2.75) is 26.4 Å². The number of rotatable bonds is 6. The summed E-state index contributed by atoms with van der Waals surface area (Å²) >= 11 is 0. The van der Waals surface area contributed by atoms with E-state index < -0.39 is 5.97 Å². The fourth-order valence-electron chi connectivity index (χ4n) is 1.21. The topological polar surface area (TPSA) is 92.1 Å². The van der Waals surface area contributed by atoms with E-state index in [1.54, 1.807) is 31.2 Å². The predicted octanol–water partition coefficient (Wildman–Crippen LogP) is 3.04. The summed E-state index contributed by atoms with van der Waals surface area (Å²) in [7, 11) is 0. The van der Waals surface area contributed by atoms with Crippen LogP contribution >= 0.6 is 0 Å². The molecule has 94 valence electrons. The molecule has 0 heterocycles. The molecule has 6 heteroatoms. The summed E-state index contributed by atoms with van der Waals surface area (Å²) in [5, 5.41) is 3.42. The van der Waals surface area contributed by atoms with E-state index in [1.165, 1.54) is 0 Å². The van der Waals surface area contributed by atoms with Gasteiger partial charge in [0.25, 0.3) is 0 Å². The minimum Gasteiger partial charge on any atom is -0.460 e. The van der Waals surface area contributed by atoms with Gasteiger partial charge in [-0.15, -0.1) is 0 Å². The molecule has 0 atom stereocenters. The van der Waals surface area contributed by atoms with Gasteiger partial charge in [0, 0.05) is 17.0 Å². The number of nitrogens with zero attached hydrogens (tertiary/aromatic N) is 3. The van der Waals surface area contributed by atoms with Gasteiger partial charge in [-0.25, -0.2) is 0 Å². The Morgan fingerprint density at radius 1 is 1.33 bits per heavy atom. The van der Waals surface area contributed by atoms with Crippen LogP contribution in [0.2, 0.25) is 0 Å². The molecule has 18 heavy (non-hydrogen) atoms. The Labute approximate surface area is 104 Å². The molecule has 0 fully saturated rings. The van der Waals surface area contributed by atoms with Crippen molar-refractivity contribution < 1.29 is 14.3 Å². The number of esters is 1. The lowest BCUT2D eigenvalue weighted by molar-refractivity contribution is -0.147. The molecule has 1 aromatic rings. The molecule has 0 unspecified atom stereocenters. The average molecular weight is 247 g/mol. The lowest BCUT2D eigenvalue weighted by Crippen LogP contribution is -2.10. The third kappa shape index (κ3) is 4.67. The molecule has 0 N–H and O–H groups in total. The highest BCUT2D eigenvalue weighted by atomic mass is 16.5. The van der Waals surface area contributed by atoms with E-state index in [9.17, 15) is 9.59 Å². The molecule has 0 aliphatic carbocycles. The van der Waals surface area contributed by atoms with Crippen LogP contribution in [0.25, 0.3) is 10.4 Å². The van der Waals surface area contributed by atoms with Crippen LogP contribution in [0.5, 0.6) is 0 Å². The van der Waals surface area contributed by atoms with E-state index in [0.29, 0.717) is 12.1 Å². The maximum atomic E-state index is 11.2. The summed E-state index contributed by atoms with van der Waals surface area (Å²) in [6, 6.07) is 6.64. The first-order chi connectivity index (χ1) is 8.65. The van der Waals surface area contributed by atoms with Crippen LogP contribution in [0.4, 0.5) is 5.69 Å². The van der Waals surface area contributed by atoms with Crippen molar-refractivity contribution >= 4 is 17.4 Å². The number of azide groups is 1. The Morgan fingerprint density at radius 3 is 2.56 bits per heavy atom. The molecule has 0 aliphatic rings. The van der Waals surface area contributed by atoms with Crippen molar-refractivity contribution in [2.24, 2.45) is 5.11 Å². The number of benzene rings is 1. The van der Waals surface area contributed by atoms with Crippen LogP contribution in [0.1, 0.15) is 25.3 Å². The van der Waals surface area contributed by atoms with E-state index in [1.807, 2.05) is 0 Å². The lowest BCUT2D eigenvalue weighted by atomic mass is 10.2. The molecule has 0 aliphatic heterocycles. The van der Waals surface area contributed by atoms with Gasteiger partial charge >= 0.3 is 5.97 Å². The zero-order valence-electron chi connectivity index (χ0n) is 10.00. The first-order valence-corrected chi connectivity index (χ1v) is 5.47. The number of carbonyl (C=O) groups is 2. The molecule has 0 aromatic heterocycles. The van der Waals surface area contributed by atoms with Crippen LogP contribution in [0.3, 0.4) is 0 Å². The lowest BCUT2D eigenvalue weighted by Gasteiger charge is -2.04. The predicted molar refractivity (Wildman–Crippen MR) is 65.0 cm³/mol. The van der Waals surface area contributed by atoms with Gasteiger partial charge < -0.3 is 4.74 Å². The summed E-state index contributed by atoms with van der Waals surface area (Å²) in [5.41, 5.74) is 9.49. The molecule has 0 bridgehead atoms. The molecular formula is C12H13N3O3. The van der Waals surface area contributed by atoms with Gasteiger partial charge in [0.1, 0.15) is 18.8 Å². The molecule has 6 nitrogen and oxygen atoms in total. The molecular weight excluding hydrogens is 234 g/mol. The zero-order chi connectivity index (χ0) is 13.4. The van der Waals surface area contributed by atoms with E-state index in [4.69, 9.17) is 10.3 Å². The summed E-state index contributed by atoms with van der Waals surface area (Å²) in [5.74, 6) is -0.667. The normalized spacial score (nSPS) is 9.39. The summed E-state index contributed by atoms with van der Waals surface area (Å²) in [6.07, 6.45) is 0.142. The molecule has 0 saturated carbocycles. The first-order valence-electron chi connectivity index (χ1n) is 5.47. The zero-order valence-corrected chi connectivity index (χ0v) is 10.00. The molecule has 0 spiro atoms. The van der Waals surface area contributed by atoms with Gasteiger partial charge in [0.15, 0.2) is 0 Å². The Balaban J connectivity index is 2.46. The van der Waals surface area contributed by atoms with Crippen LogP contribution in [0, 0.1) is 0 Å². The highest BCUT2D eigenvalue weighted by Gasteiger charge is 2.08. The number of Topliss-reactive ketones (excluding diaryl/α,β-unsaturated/α-hetero) is 1. The third-order valence-corrected chi connectivity index (χ3v) is 2.23. The Morgan fingerprint density at radius 2 is 2.00 bits per heavy atom. The third-order valence-electron chi connectivity index (χ3n) is 2.23. The van der Waals surface area contributed by atoms with E-state index in [2.05, 4.69) is 10.0 Å². The van der Waals surface area contributed by atoms with Crippen molar-refractivity contribution in [3.63, 3.8) is 0 Å². The number of ketones is 1. The van der Waals surface area contributed by atoms with Gasteiger partial charge in [-0.2, -0.15) is 0 Å². The number of hydrogen-bond donors (Lipinski definition) is 0. The van der Waals surface area contributed by atoms with Crippen LogP contribution < -0.4 is 0 Å². The van der Waals surface area contributed by atoms with Gasteiger partial charge in [-0.3, -0.25) is 9.59 Å². The molecule has 1 aromatic carbocycles.